The maximum absolute atomic E-state index is 11.6. The average Bonchev–Trinajstić information content (AvgIpc) is 2.95. The molecule has 0 aliphatic carbocycles. The zero-order chi connectivity index (χ0) is 15.5. The van der Waals surface area contributed by atoms with Crippen LogP contribution in [0.15, 0.2) is 48.8 Å². The first kappa shape index (κ1) is 13.9. The third-order valence-corrected chi connectivity index (χ3v) is 3.39. The van der Waals surface area contributed by atoms with E-state index in [1.54, 1.807) is 49.8 Å². The monoisotopic (exact) mass is 294 g/mol. The summed E-state index contributed by atoms with van der Waals surface area (Å²) in [6, 6.07) is 10.7. The summed E-state index contributed by atoms with van der Waals surface area (Å²) in [5.41, 5.74) is 2.29. The van der Waals surface area contributed by atoms with Crippen molar-refractivity contribution >= 4 is 28.7 Å². The number of hydrogen-bond donors (Lipinski definition) is 2. The second-order valence-electron chi connectivity index (χ2n) is 4.74. The van der Waals surface area contributed by atoms with Crippen molar-refractivity contribution in [3.05, 3.63) is 59.9 Å². The first-order valence-electron chi connectivity index (χ1n) is 6.70. The molecule has 0 radical (unpaired) electrons. The first-order chi connectivity index (χ1) is 10.7. The highest BCUT2D eigenvalue weighted by Gasteiger charge is 2.13. The Balaban J connectivity index is 2.13. The number of nitrogens with zero attached hydrogens (tertiary/aromatic N) is 1. The first-order valence-corrected chi connectivity index (χ1v) is 6.70. The Labute approximate surface area is 126 Å². The number of aromatic amines is 1. The lowest BCUT2D eigenvalue weighted by atomic mass is 10.0. The normalized spacial score (nSPS) is 11.6. The fourth-order valence-electron chi connectivity index (χ4n) is 2.31. The van der Waals surface area contributed by atoms with E-state index in [-0.39, 0.29) is 5.57 Å². The third kappa shape index (κ3) is 2.56. The molecular weight excluding hydrogens is 280 g/mol. The number of pyridine rings is 1. The van der Waals surface area contributed by atoms with Crippen LogP contribution in [0.1, 0.15) is 11.1 Å². The minimum absolute atomic E-state index is 0.198. The molecule has 2 aromatic heterocycles. The van der Waals surface area contributed by atoms with Crippen molar-refractivity contribution in [3.8, 4) is 5.75 Å². The molecule has 0 fully saturated rings. The molecule has 0 saturated carbocycles. The van der Waals surface area contributed by atoms with Gasteiger partial charge in [0.05, 0.1) is 12.7 Å². The number of aromatic nitrogens is 2. The van der Waals surface area contributed by atoms with Crippen LogP contribution in [0.5, 0.6) is 5.75 Å². The molecule has 0 spiro atoms. The highest BCUT2D eigenvalue weighted by atomic mass is 16.5. The van der Waals surface area contributed by atoms with E-state index in [2.05, 4.69) is 9.97 Å². The van der Waals surface area contributed by atoms with E-state index in [1.165, 1.54) is 0 Å². The van der Waals surface area contributed by atoms with Crippen LogP contribution >= 0.6 is 0 Å². The molecule has 0 amide bonds. The van der Waals surface area contributed by atoms with Crippen LogP contribution in [0.2, 0.25) is 0 Å². The van der Waals surface area contributed by atoms with Gasteiger partial charge in [-0.1, -0.05) is 12.1 Å². The van der Waals surface area contributed by atoms with Gasteiger partial charge in [-0.05, 0) is 35.9 Å². The van der Waals surface area contributed by atoms with E-state index in [0.29, 0.717) is 11.3 Å². The molecule has 5 nitrogen and oxygen atoms in total. The molecule has 0 bridgehead atoms. The zero-order valence-corrected chi connectivity index (χ0v) is 11.9. The van der Waals surface area contributed by atoms with Gasteiger partial charge in [-0.15, -0.1) is 0 Å². The Morgan fingerprint density at radius 3 is 2.95 bits per heavy atom. The summed E-state index contributed by atoms with van der Waals surface area (Å²) < 4.78 is 5.15. The topological polar surface area (TPSA) is 75.2 Å². The number of fused-ring (bicyclic) bond motifs is 1. The standard InChI is InChI=1S/C17H14N2O3/c1-22-13-5-2-4-11(8-13)15(17(20)21)9-12-10-19-16-14(12)6-3-7-18-16/h2-10H,1H3,(H,18,19)(H,20,21)/b15-9-. The molecule has 0 unspecified atom stereocenters. The number of methoxy groups -OCH3 is 1. The Kier molecular flexibility index (Phi) is 3.62. The number of carboxylic acids is 1. The van der Waals surface area contributed by atoms with Gasteiger partial charge >= 0.3 is 5.97 Å². The summed E-state index contributed by atoms with van der Waals surface area (Å²) in [5.74, 6) is -0.378. The van der Waals surface area contributed by atoms with Gasteiger partial charge in [0.2, 0.25) is 0 Å². The average molecular weight is 294 g/mol. The van der Waals surface area contributed by atoms with Crippen molar-refractivity contribution < 1.29 is 14.6 Å². The quantitative estimate of drug-likeness (QED) is 0.725. The molecule has 5 heteroatoms. The van der Waals surface area contributed by atoms with E-state index in [0.717, 1.165) is 16.6 Å². The Hall–Kier alpha value is -3.08. The van der Waals surface area contributed by atoms with Gasteiger partial charge in [-0.3, -0.25) is 0 Å². The summed E-state index contributed by atoms with van der Waals surface area (Å²) in [7, 11) is 1.55. The summed E-state index contributed by atoms with van der Waals surface area (Å²) in [6.45, 7) is 0. The van der Waals surface area contributed by atoms with E-state index in [4.69, 9.17) is 4.74 Å². The lowest BCUT2D eigenvalue weighted by Gasteiger charge is -2.05. The fraction of sp³-hybridized carbons (Fsp3) is 0.0588. The molecule has 1 aromatic carbocycles. The number of hydrogen-bond acceptors (Lipinski definition) is 3. The number of carboxylic acid groups (broad SMARTS) is 1. The SMILES string of the molecule is COc1cccc(/C(=C/c2c[nH]c3ncccc23)C(=O)O)c1. The van der Waals surface area contributed by atoms with Gasteiger partial charge in [0.15, 0.2) is 0 Å². The van der Waals surface area contributed by atoms with E-state index >= 15 is 0 Å². The maximum Gasteiger partial charge on any atom is 0.336 e. The molecule has 0 aliphatic rings. The molecular formula is C17H14N2O3. The van der Waals surface area contributed by atoms with E-state index in [1.807, 2.05) is 12.1 Å². The summed E-state index contributed by atoms with van der Waals surface area (Å²) >= 11 is 0. The second kappa shape index (κ2) is 5.73. The number of carbonyl (C=O) groups is 1. The van der Waals surface area contributed by atoms with Crippen molar-refractivity contribution in [1.29, 1.82) is 0 Å². The number of aliphatic carboxylic acids is 1. The molecule has 0 saturated heterocycles. The predicted octanol–water partition coefficient (Wildman–Crippen LogP) is 3.20. The Bertz CT molecular complexity index is 865. The van der Waals surface area contributed by atoms with Gasteiger partial charge in [-0.25, -0.2) is 9.78 Å². The van der Waals surface area contributed by atoms with Crippen LogP contribution in [-0.4, -0.2) is 28.2 Å². The number of rotatable bonds is 4. The molecule has 3 aromatic rings. The molecule has 110 valence electrons. The van der Waals surface area contributed by atoms with E-state index < -0.39 is 5.97 Å². The van der Waals surface area contributed by atoms with Crippen molar-refractivity contribution in [2.45, 2.75) is 0 Å². The molecule has 0 aliphatic heterocycles. The minimum atomic E-state index is -0.994. The van der Waals surface area contributed by atoms with Crippen LogP contribution in [0.3, 0.4) is 0 Å². The lowest BCUT2D eigenvalue weighted by Crippen LogP contribution is -2.00. The molecule has 2 N–H and O–H groups in total. The molecule has 22 heavy (non-hydrogen) atoms. The third-order valence-electron chi connectivity index (χ3n) is 3.39. The fourth-order valence-corrected chi connectivity index (χ4v) is 2.31. The number of H-pyrrole nitrogens is 1. The Morgan fingerprint density at radius 1 is 1.32 bits per heavy atom. The van der Waals surface area contributed by atoms with Crippen LogP contribution < -0.4 is 4.74 Å². The van der Waals surface area contributed by atoms with E-state index in [9.17, 15) is 9.90 Å². The molecule has 2 heterocycles. The summed E-state index contributed by atoms with van der Waals surface area (Å²) in [4.78, 5) is 18.9. The summed E-state index contributed by atoms with van der Waals surface area (Å²) in [5, 5.41) is 10.4. The van der Waals surface area contributed by atoms with Crippen LogP contribution in [0.4, 0.5) is 0 Å². The van der Waals surface area contributed by atoms with Crippen molar-refractivity contribution in [3.63, 3.8) is 0 Å². The van der Waals surface area contributed by atoms with Crippen molar-refractivity contribution in [2.24, 2.45) is 0 Å². The lowest BCUT2D eigenvalue weighted by molar-refractivity contribution is -0.130. The van der Waals surface area contributed by atoms with Gasteiger partial charge in [-0.2, -0.15) is 0 Å². The summed E-state index contributed by atoms with van der Waals surface area (Å²) in [6.07, 6.45) is 5.07. The second-order valence-corrected chi connectivity index (χ2v) is 4.74. The van der Waals surface area contributed by atoms with Crippen molar-refractivity contribution in [2.75, 3.05) is 7.11 Å². The highest BCUT2D eigenvalue weighted by molar-refractivity contribution is 6.21. The molecule has 3 rings (SSSR count). The van der Waals surface area contributed by atoms with Crippen LogP contribution in [0.25, 0.3) is 22.7 Å². The highest BCUT2D eigenvalue weighted by Crippen LogP contribution is 2.25. The van der Waals surface area contributed by atoms with Gasteiger partial charge in [0.25, 0.3) is 0 Å². The van der Waals surface area contributed by atoms with Crippen molar-refractivity contribution in [1.82, 2.24) is 9.97 Å². The Morgan fingerprint density at radius 2 is 2.18 bits per heavy atom. The van der Waals surface area contributed by atoms with Gasteiger partial charge in [0, 0.05) is 23.3 Å². The zero-order valence-electron chi connectivity index (χ0n) is 11.9. The largest absolute Gasteiger partial charge is 0.497 e. The number of ether oxygens (including phenoxy) is 1. The maximum atomic E-state index is 11.6. The minimum Gasteiger partial charge on any atom is -0.497 e. The number of benzene rings is 1. The smallest absolute Gasteiger partial charge is 0.336 e. The van der Waals surface area contributed by atoms with Crippen LogP contribution in [-0.2, 0) is 4.79 Å². The predicted molar refractivity (Wildman–Crippen MR) is 84.6 cm³/mol. The molecule has 0 atom stereocenters. The van der Waals surface area contributed by atoms with Crippen LogP contribution in [0, 0.1) is 0 Å². The van der Waals surface area contributed by atoms with Gasteiger partial charge < -0.3 is 14.8 Å². The van der Waals surface area contributed by atoms with Gasteiger partial charge in [0.1, 0.15) is 11.4 Å². The number of nitrogens with one attached hydrogen (secondary N) is 1.